The van der Waals surface area contributed by atoms with Crippen molar-refractivity contribution in [3.63, 3.8) is 0 Å². The van der Waals surface area contributed by atoms with Gasteiger partial charge >= 0.3 is 0 Å². The lowest BCUT2D eigenvalue weighted by atomic mass is 10.0. The molecule has 1 aliphatic heterocycles. The first kappa shape index (κ1) is 17.5. The van der Waals surface area contributed by atoms with E-state index in [4.69, 9.17) is 9.47 Å². The van der Waals surface area contributed by atoms with Gasteiger partial charge < -0.3 is 19.7 Å². The zero-order valence-corrected chi connectivity index (χ0v) is 14.9. The Morgan fingerprint density at radius 1 is 1.27 bits per heavy atom. The van der Waals surface area contributed by atoms with Crippen LogP contribution in [0.25, 0.3) is 6.08 Å². The van der Waals surface area contributed by atoms with Crippen LogP contribution < -0.4 is 14.8 Å². The zero-order chi connectivity index (χ0) is 18.7. The van der Waals surface area contributed by atoms with Crippen LogP contribution in [-0.2, 0) is 23.1 Å². The van der Waals surface area contributed by atoms with Gasteiger partial charge in [0.05, 0.1) is 20.6 Å². The van der Waals surface area contributed by atoms with E-state index in [0.717, 1.165) is 11.1 Å². The maximum Gasteiger partial charge on any atom is 0.245 e. The number of carbonyl (C=O) groups is 2. The number of hydrogen-bond donors (Lipinski definition) is 1. The Bertz CT molecular complexity index is 872. The lowest BCUT2D eigenvalue weighted by Crippen LogP contribution is -2.34. The molecule has 8 nitrogen and oxygen atoms in total. The van der Waals surface area contributed by atoms with Crippen LogP contribution in [0, 0.1) is 0 Å². The molecule has 3 rings (SSSR count). The second-order valence-electron chi connectivity index (χ2n) is 5.84. The molecule has 0 fully saturated rings. The quantitative estimate of drug-likeness (QED) is 0.876. The Labute approximate surface area is 151 Å². The number of benzene rings is 1. The van der Waals surface area contributed by atoms with Crippen LogP contribution in [0.5, 0.6) is 11.5 Å². The number of anilines is 1. The minimum absolute atomic E-state index is 0.0891. The second-order valence-corrected chi connectivity index (χ2v) is 5.84. The third-order valence-corrected chi connectivity index (χ3v) is 4.04. The van der Waals surface area contributed by atoms with Crippen molar-refractivity contribution in [2.75, 3.05) is 26.1 Å². The van der Waals surface area contributed by atoms with Gasteiger partial charge in [-0.3, -0.25) is 14.3 Å². The van der Waals surface area contributed by atoms with E-state index in [1.807, 2.05) is 6.07 Å². The maximum absolute atomic E-state index is 12.5. The third kappa shape index (κ3) is 3.69. The molecule has 26 heavy (non-hydrogen) atoms. The number of fused-ring (bicyclic) bond motifs is 1. The highest BCUT2D eigenvalue weighted by molar-refractivity contribution is 5.95. The van der Waals surface area contributed by atoms with Crippen LogP contribution in [0.4, 0.5) is 5.82 Å². The van der Waals surface area contributed by atoms with Crippen LogP contribution in [0.1, 0.15) is 11.1 Å². The van der Waals surface area contributed by atoms with Gasteiger partial charge in [-0.25, -0.2) is 0 Å². The molecular weight excluding hydrogens is 336 g/mol. The minimum atomic E-state index is -0.317. The van der Waals surface area contributed by atoms with Crippen molar-refractivity contribution in [2.45, 2.75) is 6.42 Å². The molecule has 0 spiro atoms. The summed E-state index contributed by atoms with van der Waals surface area (Å²) < 4.78 is 12.2. The van der Waals surface area contributed by atoms with Gasteiger partial charge in [0.2, 0.25) is 11.8 Å². The fourth-order valence-corrected chi connectivity index (χ4v) is 2.72. The van der Waals surface area contributed by atoms with Crippen LogP contribution in [-0.4, -0.2) is 47.3 Å². The molecular formula is C18H20N4O4. The molecule has 136 valence electrons. The summed E-state index contributed by atoms with van der Waals surface area (Å²) in [4.78, 5) is 26.1. The highest BCUT2D eigenvalue weighted by Crippen LogP contribution is 2.32. The van der Waals surface area contributed by atoms with Gasteiger partial charge in [-0.2, -0.15) is 5.10 Å². The second kappa shape index (κ2) is 7.30. The molecule has 0 saturated heterocycles. The van der Waals surface area contributed by atoms with Gasteiger partial charge in [0.1, 0.15) is 6.54 Å². The van der Waals surface area contributed by atoms with E-state index in [1.54, 1.807) is 56.6 Å². The number of nitrogens with zero attached hydrogens (tertiary/aromatic N) is 3. The number of nitrogens with one attached hydrogen (secondary N) is 1. The van der Waals surface area contributed by atoms with Crippen molar-refractivity contribution in [1.29, 1.82) is 0 Å². The van der Waals surface area contributed by atoms with Gasteiger partial charge in [0, 0.05) is 25.5 Å². The Morgan fingerprint density at radius 2 is 2.00 bits per heavy atom. The summed E-state index contributed by atoms with van der Waals surface area (Å²) in [5.41, 5.74) is 1.67. The van der Waals surface area contributed by atoms with Crippen LogP contribution in [0.3, 0.4) is 0 Å². The van der Waals surface area contributed by atoms with E-state index < -0.39 is 0 Å². The summed E-state index contributed by atoms with van der Waals surface area (Å²) in [5, 5.41) is 6.76. The van der Waals surface area contributed by atoms with E-state index >= 15 is 0 Å². The molecule has 0 bridgehead atoms. The lowest BCUT2D eigenvalue weighted by Gasteiger charge is -2.16. The number of methoxy groups -OCH3 is 2. The number of aryl methyl sites for hydroxylation is 1. The highest BCUT2D eigenvalue weighted by Gasteiger charge is 2.21. The number of carbonyl (C=O) groups excluding carboxylic acids is 2. The number of rotatable bonds is 5. The summed E-state index contributed by atoms with van der Waals surface area (Å²) in [6, 6.07) is 5.29. The van der Waals surface area contributed by atoms with Crippen LogP contribution in [0.2, 0.25) is 0 Å². The van der Waals surface area contributed by atoms with E-state index in [9.17, 15) is 9.59 Å². The summed E-state index contributed by atoms with van der Waals surface area (Å²) in [6.07, 6.45) is 5.29. The minimum Gasteiger partial charge on any atom is -0.493 e. The number of amides is 2. The van der Waals surface area contributed by atoms with Crippen molar-refractivity contribution in [2.24, 2.45) is 7.05 Å². The summed E-state index contributed by atoms with van der Waals surface area (Å²) in [7, 11) is 4.87. The molecule has 0 radical (unpaired) electrons. The largest absolute Gasteiger partial charge is 0.493 e. The SMILES string of the molecule is COc1cc2c(cc1OC)CC(=O)N(CC(=O)Nc1ccn(C)n1)C=C2. The Hall–Kier alpha value is -3.29. The number of hydrogen-bond acceptors (Lipinski definition) is 5. The van der Waals surface area contributed by atoms with E-state index in [-0.39, 0.29) is 24.8 Å². The summed E-state index contributed by atoms with van der Waals surface area (Å²) in [6.45, 7) is -0.0891. The maximum atomic E-state index is 12.5. The average Bonchev–Trinajstić information content (AvgIpc) is 2.96. The Kier molecular flexibility index (Phi) is 4.92. The molecule has 1 aliphatic rings. The van der Waals surface area contributed by atoms with Gasteiger partial charge in [-0.05, 0) is 29.3 Å². The molecule has 0 saturated carbocycles. The molecule has 2 aromatic rings. The molecule has 2 heterocycles. The van der Waals surface area contributed by atoms with Gasteiger partial charge in [0.15, 0.2) is 17.3 Å². The van der Waals surface area contributed by atoms with Crippen LogP contribution >= 0.6 is 0 Å². The summed E-state index contributed by atoms with van der Waals surface area (Å²) >= 11 is 0. The Morgan fingerprint density at radius 3 is 2.65 bits per heavy atom. The van der Waals surface area contributed by atoms with Crippen LogP contribution in [0.15, 0.2) is 30.6 Å². The fraction of sp³-hybridized carbons (Fsp3) is 0.278. The lowest BCUT2D eigenvalue weighted by molar-refractivity contribution is -0.131. The molecule has 1 aromatic carbocycles. The summed E-state index contributed by atoms with van der Waals surface area (Å²) in [5.74, 6) is 1.10. The molecule has 0 atom stereocenters. The van der Waals surface area contributed by atoms with Gasteiger partial charge in [-0.15, -0.1) is 0 Å². The van der Waals surface area contributed by atoms with E-state index in [2.05, 4.69) is 10.4 Å². The molecule has 8 heteroatoms. The van der Waals surface area contributed by atoms with Crippen molar-refractivity contribution in [3.05, 3.63) is 41.7 Å². The van der Waals surface area contributed by atoms with Crippen molar-refractivity contribution in [3.8, 4) is 11.5 Å². The number of ether oxygens (including phenoxy) is 2. The normalized spacial score (nSPS) is 13.2. The highest BCUT2D eigenvalue weighted by atomic mass is 16.5. The molecule has 0 aliphatic carbocycles. The molecule has 1 N–H and O–H groups in total. The van der Waals surface area contributed by atoms with Crippen molar-refractivity contribution in [1.82, 2.24) is 14.7 Å². The van der Waals surface area contributed by atoms with Crippen molar-refractivity contribution >= 4 is 23.7 Å². The first-order valence-electron chi connectivity index (χ1n) is 8.02. The van der Waals surface area contributed by atoms with E-state index in [1.165, 1.54) is 4.90 Å². The third-order valence-electron chi connectivity index (χ3n) is 4.04. The Balaban J connectivity index is 1.75. The van der Waals surface area contributed by atoms with E-state index in [0.29, 0.717) is 17.3 Å². The first-order chi connectivity index (χ1) is 12.5. The molecule has 0 unspecified atom stereocenters. The number of aromatic nitrogens is 2. The molecule has 1 aromatic heterocycles. The zero-order valence-electron chi connectivity index (χ0n) is 14.9. The molecule has 2 amide bonds. The fourth-order valence-electron chi connectivity index (χ4n) is 2.72. The van der Waals surface area contributed by atoms with Gasteiger partial charge in [0.25, 0.3) is 0 Å². The average molecular weight is 356 g/mol. The monoisotopic (exact) mass is 356 g/mol. The standard InChI is InChI=1S/C18H20N4O4/c1-21-6-5-16(20-21)19-17(23)11-22-7-4-12-8-14(25-2)15(26-3)9-13(12)10-18(22)24/h4-9H,10-11H2,1-3H3,(H,19,20,23). The predicted molar refractivity (Wildman–Crippen MR) is 95.8 cm³/mol. The smallest absolute Gasteiger partial charge is 0.245 e. The topological polar surface area (TPSA) is 85.7 Å². The van der Waals surface area contributed by atoms with Gasteiger partial charge in [-0.1, -0.05) is 0 Å². The first-order valence-corrected chi connectivity index (χ1v) is 8.02. The predicted octanol–water partition coefficient (Wildman–Crippen LogP) is 1.43. The van der Waals surface area contributed by atoms with Crippen molar-refractivity contribution < 1.29 is 19.1 Å².